The Morgan fingerprint density at radius 1 is 1.16 bits per heavy atom. The highest BCUT2D eigenvalue weighted by molar-refractivity contribution is 6.03. The molecule has 25 heavy (non-hydrogen) atoms. The van der Waals surface area contributed by atoms with Crippen LogP contribution in [0.5, 0.6) is 0 Å². The van der Waals surface area contributed by atoms with Gasteiger partial charge in [0.15, 0.2) is 0 Å². The summed E-state index contributed by atoms with van der Waals surface area (Å²) in [5.74, 6) is 0.438. The van der Waals surface area contributed by atoms with Gasteiger partial charge < -0.3 is 10.2 Å². The Morgan fingerprint density at radius 3 is 2.52 bits per heavy atom. The molecule has 1 amide bonds. The van der Waals surface area contributed by atoms with E-state index in [1.165, 1.54) is 6.42 Å². The third kappa shape index (κ3) is 3.65. The van der Waals surface area contributed by atoms with Crippen LogP contribution in [0.25, 0.3) is 0 Å². The monoisotopic (exact) mass is 342 g/mol. The minimum absolute atomic E-state index is 0.217. The number of carbonyl (C=O) groups is 1. The Morgan fingerprint density at radius 2 is 1.88 bits per heavy atom. The van der Waals surface area contributed by atoms with Crippen LogP contribution in [0, 0.1) is 20.8 Å². The van der Waals surface area contributed by atoms with E-state index < -0.39 is 0 Å². The molecule has 1 aliphatic heterocycles. The molecule has 1 fully saturated rings. The summed E-state index contributed by atoms with van der Waals surface area (Å²) in [6, 6.07) is 1.73. The zero-order valence-electron chi connectivity index (χ0n) is 15.5. The first kappa shape index (κ1) is 17.4. The molecule has 3 heterocycles. The van der Waals surface area contributed by atoms with Gasteiger partial charge in [0.1, 0.15) is 5.69 Å². The predicted octanol–water partition coefficient (Wildman–Crippen LogP) is 2.86. The lowest BCUT2D eigenvalue weighted by molar-refractivity contribution is 0.102. The lowest BCUT2D eigenvalue weighted by Gasteiger charge is -2.27. The highest BCUT2D eigenvalue weighted by Crippen LogP contribution is 2.21. The second-order valence-electron chi connectivity index (χ2n) is 6.56. The van der Waals surface area contributed by atoms with E-state index in [1.54, 1.807) is 6.07 Å². The average Bonchev–Trinajstić information content (AvgIpc) is 2.89. The summed E-state index contributed by atoms with van der Waals surface area (Å²) in [5.41, 5.74) is 3.74. The molecule has 0 unspecified atom stereocenters. The molecule has 0 saturated carbocycles. The first-order valence-electron chi connectivity index (χ1n) is 8.95. The largest absolute Gasteiger partial charge is 0.341 e. The summed E-state index contributed by atoms with van der Waals surface area (Å²) in [6.07, 6.45) is 3.54. The Balaban J connectivity index is 1.85. The van der Waals surface area contributed by atoms with Crippen LogP contribution in [0.1, 0.15) is 53.8 Å². The second-order valence-corrected chi connectivity index (χ2v) is 6.56. The molecule has 3 rings (SSSR count). The Labute approximate surface area is 148 Å². The molecule has 2 aromatic heterocycles. The maximum atomic E-state index is 12.7. The minimum Gasteiger partial charge on any atom is -0.341 e. The lowest BCUT2D eigenvalue weighted by Crippen LogP contribution is -2.31. The number of aromatic nitrogens is 4. The van der Waals surface area contributed by atoms with Crippen molar-refractivity contribution in [3.05, 3.63) is 28.8 Å². The number of nitrogens with zero attached hydrogens (tertiary/aromatic N) is 5. The van der Waals surface area contributed by atoms with Crippen LogP contribution in [0.3, 0.4) is 0 Å². The molecule has 0 bridgehead atoms. The summed E-state index contributed by atoms with van der Waals surface area (Å²) in [5, 5.41) is 7.42. The quantitative estimate of drug-likeness (QED) is 0.924. The van der Waals surface area contributed by atoms with Crippen LogP contribution >= 0.6 is 0 Å². The van der Waals surface area contributed by atoms with Gasteiger partial charge in [-0.1, -0.05) is 0 Å². The first-order valence-corrected chi connectivity index (χ1v) is 8.95. The number of nitrogens with one attached hydrogen (secondary N) is 1. The first-order chi connectivity index (χ1) is 12.0. The standard InChI is InChI=1S/C18H26N6O/c1-5-24-14(4)16(13(3)22-24)21-17(25)15-11-12(2)19-18(20-15)23-9-7-6-8-10-23/h11H,5-10H2,1-4H3,(H,21,25). The highest BCUT2D eigenvalue weighted by Gasteiger charge is 2.19. The topological polar surface area (TPSA) is 75.9 Å². The van der Waals surface area contributed by atoms with Crippen molar-refractivity contribution in [2.75, 3.05) is 23.3 Å². The second kappa shape index (κ2) is 7.21. The van der Waals surface area contributed by atoms with Crippen molar-refractivity contribution in [3.8, 4) is 0 Å². The van der Waals surface area contributed by atoms with Gasteiger partial charge in [-0.05, 0) is 53.0 Å². The maximum Gasteiger partial charge on any atom is 0.274 e. The third-order valence-corrected chi connectivity index (χ3v) is 4.63. The number of rotatable bonds is 4. The number of aryl methyl sites for hydroxylation is 3. The van der Waals surface area contributed by atoms with Crippen LogP contribution < -0.4 is 10.2 Å². The molecular formula is C18H26N6O. The number of hydrogen-bond acceptors (Lipinski definition) is 5. The van der Waals surface area contributed by atoms with Crippen molar-refractivity contribution < 1.29 is 4.79 Å². The van der Waals surface area contributed by atoms with Gasteiger partial charge in [-0.2, -0.15) is 5.10 Å². The average molecular weight is 342 g/mol. The molecule has 0 radical (unpaired) electrons. The fourth-order valence-electron chi connectivity index (χ4n) is 3.27. The molecular weight excluding hydrogens is 316 g/mol. The van der Waals surface area contributed by atoms with E-state index in [-0.39, 0.29) is 5.91 Å². The van der Waals surface area contributed by atoms with E-state index in [0.717, 1.165) is 55.2 Å². The molecule has 1 N–H and O–H groups in total. The fraction of sp³-hybridized carbons (Fsp3) is 0.556. The molecule has 7 heteroatoms. The molecule has 0 atom stereocenters. The molecule has 7 nitrogen and oxygen atoms in total. The van der Waals surface area contributed by atoms with Crippen LogP contribution in [-0.4, -0.2) is 38.7 Å². The molecule has 134 valence electrons. The van der Waals surface area contributed by atoms with E-state index >= 15 is 0 Å². The third-order valence-electron chi connectivity index (χ3n) is 4.63. The van der Waals surface area contributed by atoms with Crippen molar-refractivity contribution in [3.63, 3.8) is 0 Å². The van der Waals surface area contributed by atoms with E-state index in [2.05, 4.69) is 25.3 Å². The van der Waals surface area contributed by atoms with E-state index in [4.69, 9.17) is 0 Å². The molecule has 0 aromatic carbocycles. The van der Waals surface area contributed by atoms with Crippen molar-refractivity contribution >= 4 is 17.5 Å². The van der Waals surface area contributed by atoms with Gasteiger partial charge in [0.2, 0.25) is 5.95 Å². The van der Waals surface area contributed by atoms with Gasteiger partial charge in [0.25, 0.3) is 5.91 Å². The van der Waals surface area contributed by atoms with Gasteiger partial charge in [0.05, 0.1) is 17.1 Å². The molecule has 2 aromatic rings. The summed E-state index contributed by atoms with van der Waals surface area (Å²) >= 11 is 0. The molecule has 0 aliphatic carbocycles. The SMILES string of the molecule is CCn1nc(C)c(NC(=O)c2cc(C)nc(N3CCCCC3)n2)c1C. The lowest BCUT2D eigenvalue weighted by atomic mass is 10.1. The molecule has 1 saturated heterocycles. The van der Waals surface area contributed by atoms with Crippen molar-refractivity contribution in [2.45, 2.75) is 53.5 Å². The van der Waals surface area contributed by atoms with Gasteiger partial charge in [-0.15, -0.1) is 0 Å². The summed E-state index contributed by atoms with van der Waals surface area (Å²) < 4.78 is 1.88. The summed E-state index contributed by atoms with van der Waals surface area (Å²) in [4.78, 5) is 23.9. The molecule has 1 aliphatic rings. The van der Waals surface area contributed by atoms with E-state index in [0.29, 0.717) is 11.6 Å². The van der Waals surface area contributed by atoms with Gasteiger partial charge in [-0.3, -0.25) is 9.48 Å². The summed E-state index contributed by atoms with van der Waals surface area (Å²) in [7, 11) is 0. The van der Waals surface area contributed by atoms with Crippen molar-refractivity contribution in [1.82, 2.24) is 19.7 Å². The number of amides is 1. The van der Waals surface area contributed by atoms with Gasteiger partial charge in [0, 0.05) is 25.3 Å². The minimum atomic E-state index is -0.217. The predicted molar refractivity (Wildman–Crippen MR) is 98.2 cm³/mol. The van der Waals surface area contributed by atoms with Crippen LogP contribution in [0.15, 0.2) is 6.07 Å². The maximum absolute atomic E-state index is 12.7. The van der Waals surface area contributed by atoms with Crippen molar-refractivity contribution in [1.29, 1.82) is 0 Å². The number of hydrogen-bond donors (Lipinski definition) is 1. The van der Waals surface area contributed by atoms with Crippen molar-refractivity contribution in [2.24, 2.45) is 0 Å². The van der Waals surface area contributed by atoms with Crippen LogP contribution in [0.4, 0.5) is 11.6 Å². The Bertz CT molecular complexity index is 776. The zero-order chi connectivity index (χ0) is 18.0. The summed E-state index contributed by atoms with van der Waals surface area (Å²) in [6.45, 7) is 10.5. The van der Waals surface area contributed by atoms with E-state index in [1.807, 2.05) is 32.4 Å². The number of piperidine rings is 1. The number of carbonyl (C=O) groups excluding carboxylic acids is 1. The highest BCUT2D eigenvalue weighted by atomic mass is 16.1. The van der Waals surface area contributed by atoms with E-state index in [9.17, 15) is 4.79 Å². The van der Waals surface area contributed by atoms with Crippen LogP contribution in [0.2, 0.25) is 0 Å². The zero-order valence-corrected chi connectivity index (χ0v) is 15.5. The normalized spacial score (nSPS) is 14.6. The Hall–Kier alpha value is -2.44. The van der Waals surface area contributed by atoms with Gasteiger partial charge >= 0.3 is 0 Å². The van der Waals surface area contributed by atoms with Gasteiger partial charge in [-0.25, -0.2) is 9.97 Å². The fourth-order valence-corrected chi connectivity index (χ4v) is 3.27. The number of anilines is 2. The Kier molecular flexibility index (Phi) is 5.01. The molecule has 0 spiro atoms. The van der Waals surface area contributed by atoms with Crippen LogP contribution in [-0.2, 0) is 6.54 Å². The smallest absolute Gasteiger partial charge is 0.274 e.